The SMILES string of the molecule is COc1cccc(N2C(=O)c3cc(C)nn3C[C@@]2(C)C(=O)NCc2ccc(F)cc2)c1. The molecule has 0 fully saturated rings. The summed E-state index contributed by atoms with van der Waals surface area (Å²) in [4.78, 5) is 28.4. The molecule has 160 valence electrons. The number of nitrogens with zero attached hydrogens (tertiary/aromatic N) is 3. The van der Waals surface area contributed by atoms with Crippen LogP contribution in [-0.2, 0) is 17.9 Å². The van der Waals surface area contributed by atoms with Crippen LogP contribution in [0.25, 0.3) is 0 Å². The highest BCUT2D eigenvalue weighted by molar-refractivity contribution is 6.11. The lowest BCUT2D eigenvalue weighted by Gasteiger charge is -2.43. The molecule has 0 aliphatic carbocycles. The molecule has 1 aromatic heterocycles. The van der Waals surface area contributed by atoms with Crippen LogP contribution in [0.4, 0.5) is 10.1 Å². The minimum absolute atomic E-state index is 0.189. The number of carbonyl (C=O) groups excluding carboxylic acids is 2. The molecule has 31 heavy (non-hydrogen) atoms. The Morgan fingerprint density at radius 3 is 2.68 bits per heavy atom. The van der Waals surface area contributed by atoms with Gasteiger partial charge in [-0.05, 0) is 49.7 Å². The number of carbonyl (C=O) groups is 2. The van der Waals surface area contributed by atoms with Crippen molar-refractivity contribution in [2.24, 2.45) is 0 Å². The molecule has 2 amide bonds. The van der Waals surface area contributed by atoms with Crippen LogP contribution in [0.2, 0.25) is 0 Å². The molecule has 7 nitrogen and oxygen atoms in total. The van der Waals surface area contributed by atoms with Crippen LogP contribution in [0.3, 0.4) is 0 Å². The number of rotatable bonds is 5. The van der Waals surface area contributed by atoms with Gasteiger partial charge in [0.05, 0.1) is 19.3 Å². The van der Waals surface area contributed by atoms with Crippen molar-refractivity contribution in [1.82, 2.24) is 15.1 Å². The molecule has 0 bridgehead atoms. The average molecular weight is 422 g/mol. The zero-order valence-electron chi connectivity index (χ0n) is 17.6. The molecule has 8 heteroatoms. The van der Waals surface area contributed by atoms with Gasteiger partial charge in [0.1, 0.15) is 22.8 Å². The third-order valence-electron chi connectivity index (χ3n) is 5.44. The summed E-state index contributed by atoms with van der Waals surface area (Å²) >= 11 is 0. The van der Waals surface area contributed by atoms with Gasteiger partial charge in [0, 0.05) is 18.3 Å². The average Bonchev–Trinajstić information content (AvgIpc) is 3.13. The van der Waals surface area contributed by atoms with Crippen molar-refractivity contribution in [3.63, 3.8) is 0 Å². The Morgan fingerprint density at radius 1 is 1.23 bits per heavy atom. The molecule has 1 N–H and O–H groups in total. The van der Waals surface area contributed by atoms with Crippen LogP contribution in [0.1, 0.15) is 28.7 Å². The van der Waals surface area contributed by atoms with Crippen molar-refractivity contribution in [3.8, 4) is 5.75 Å². The van der Waals surface area contributed by atoms with Crippen LogP contribution in [-0.4, -0.2) is 34.2 Å². The predicted octanol–water partition coefficient (Wildman–Crippen LogP) is 3.07. The van der Waals surface area contributed by atoms with Crippen molar-refractivity contribution in [3.05, 3.63) is 77.4 Å². The maximum Gasteiger partial charge on any atom is 0.277 e. The number of nitrogens with one attached hydrogen (secondary N) is 1. The first-order chi connectivity index (χ1) is 14.8. The van der Waals surface area contributed by atoms with Gasteiger partial charge in [0.2, 0.25) is 5.91 Å². The monoisotopic (exact) mass is 422 g/mol. The van der Waals surface area contributed by atoms with Crippen molar-refractivity contribution >= 4 is 17.5 Å². The number of benzene rings is 2. The molecular formula is C23H23FN4O3. The summed E-state index contributed by atoms with van der Waals surface area (Å²) in [7, 11) is 1.55. The van der Waals surface area contributed by atoms with Crippen LogP contribution in [0.15, 0.2) is 54.6 Å². The summed E-state index contributed by atoms with van der Waals surface area (Å²) < 4.78 is 20.1. The summed E-state index contributed by atoms with van der Waals surface area (Å²) in [6, 6.07) is 14.7. The molecule has 0 saturated heterocycles. The minimum atomic E-state index is -1.24. The fourth-order valence-electron chi connectivity index (χ4n) is 3.84. The highest BCUT2D eigenvalue weighted by Gasteiger charge is 2.48. The summed E-state index contributed by atoms with van der Waals surface area (Å²) in [5, 5.41) is 7.28. The maximum atomic E-state index is 13.5. The van der Waals surface area contributed by atoms with E-state index in [2.05, 4.69) is 10.4 Å². The number of ether oxygens (including phenoxy) is 1. The molecular weight excluding hydrogens is 399 g/mol. The van der Waals surface area contributed by atoms with E-state index in [9.17, 15) is 14.0 Å². The third kappa shape index (κ3) is 3.76. The zero-order valence-corrected chi connectivity index (χ0v) is 17.6. The van der Waals surface area contributed by atoms with E-state index in [1.54, 1.807) is 68.1 Å². The molecule has 0 unspecified atom stereocenters. The standard InChI is InChI=1S/C23H23FN4O3/c1-15-11-20-21(29)28(18-5-4-6-19(12-18)31-3)23(2,14-27(20)26-15)22(30)25-13-16-7-9-17(24)10-8-16/h4-12H,13-14H2,1-3H3,(H,25,30)/t23-/m0/s1. The third-order valence-corrected chi connectivity index (χ3v) is 5.44. The Kier molecular flexibility index (Phi) is 5.22. The lowest BCUT2D eigenvalue weighted by atomic mass is 9.93. The van der Waals surface area contributed by atoms with Gasteiger partial charge >= 0.3 is 0 Å². The highest BCUT2D eigenvalue weighted by atomic mass is 19.1. The maximum absolute atomic E-state index is 13.5. The van der Waals surface area contributed by atoms with Crippen molar-refractivity contribution in [1.29, 1.82) is 0 Å². The summed E-state index contributed by atoms with van der Waals surface area (Å²) in [5.41, 5.74) is 1.18. The van der Waals surface area contributed by atoms with Gasteiger partial charge in [-0.2, -0.15) is 5.10 Å². The fourth-order valence-corrected chi connectivity index (χ4v) is 3.84. The molecule has 0 spiro atoms. The summed E-state index contributed by atoms with van der Waals surface area (Å²) in [6.45, 7) is 3.92. The number of anilines is 1. The van der Waals surface area contributed by atoms with Crippen molar-refractivity contribution in [2.75, 3.05) is 12.0 Å². The van der Waals surface area contributed by atoms with Crippen LogP contribution < -0.4 is 15.0 Å². The highest BCUT2D eigenvalue weighted by Crippen LogP contribution is 2.34. The van der Waals surface area contributed by atoms with Gasteiger partial charge in [-0.15, -0.1) is 0 Å². The van der Waals surface area contributed by atoms with E-state index in [4.69, 9.17) is 4.74 Å². The Morgan fingerprint density at radius 2 is 1.97 bits per heavy atom. The molecule has 0 saturated carbocycles. The summed E-state index contributed by atoms with van der Waals surface area (Å²) in [6.07, 6.45) is 0. The lowest BCUT2D eigenvalue weighted by molar-refractivity contribution is -0.126. The van der Waals surface area contributed by atoms with Crippen LogP contribution in [0.5, 0.6) is 5.75 Å². The van der Waals surface area contributed by atoms with E-state index in [0.29, 0.717) is 22.8 Å². The number of aromatic nitrogens is 2. The predicted molar refractivity (Wildman–Crippen MR) is 113 cm³/mol. The van der Waals surface area contributed by atoms with E-state index in [1.165, 1.54) is 17.0 Å². The number of hydrogen-bond donors (Lipinski definition) is 1. The van der Waals surface area contributed by atoms with E-state index in [0.717, 1.165) is 5.56 Å². The van der Waals surface area contributed by atoms with Gasteiger partial charge in [-0.25, -0.2) is 4.39 Å². The Labute approximate surface area is 179 Å². The van der Waals surface area contributed by atoms with E-state index in [-0.39, 0.29) is 30.7 Å². The topological polar surface area (TPSA) is 76.5 Å². The number of halogens is 1. The zero-order chi connectivity index (χ0) is 22.2. The second-order valence-electron chi connectivity index (χ2n) is 7.75. The molecule has 2 heterocycles. The number of hydrogen-bond acceptors (Lipinski definition) is 4. The van der Waals surface area contributed by atoms with Gasteiger partial charge in [-0.1, -0.05) is 18.2 Å². The molecule has 3 aromatic rings. The summed E-state index contributed by atoms with van der Waals surface area (Å²) in [5.74, 6) is -0.424. The Balaban J connectivity index is 1.71. The van der Waals surface area contributed by atoms with Gasteiger partial charge in [0.15, 0.2) is 0 Å². The number of amides is 2. The Bertz CT molecular complexity index is 1140. The first-order valence-corrected chi connectivity index (χ1v) is 9.87. The van der Waals surface area contributed by atoms with Crippen LogP contribution >= 0.6 is 0 Å². The molecule has 0 radical (unpaired) electrons. The number of fused-ring (bicyclic) bond motifs is 1. The molecule has 1 aliphatic rings. The van der Waals surface area contributed by atoms with Crippen molar-refractivity contribution < 1.29 is 18.7 Å². The quantitative estimate of drug-likeness (QED) is 0.686. The fraction of sp³-hybridized carbons (Fsp3) is 0.261. The van der Waals surface area contributed by atoms with Gasteiger partial charge in [-0.3, -0.25) is 19.2 Å². The smallest absolute Gasteiger partial charge is 0.277 e. The van der Waals surface area contributed by atoms with E-state index in [1.807, 2.05) is 0 Å². The first-order valence-electron chi connectivity index (χ1n) is 9.87. The molecule has 4 rings (SSSR count). The number of methoxy groups -OCH3 is 1. The normalized spacial score (nSPS) is 17.9. The largest absolute Gasteiger partial charge is 0.497 e. The lowest BCUT2D eigenvalue weighted by Crippen LogP contribution is -2.64. The minimum Gasteiger partial charge on any atom is -0.497 e. The van der Waals surface area contributed by atoms with Gasteiger partial charge < -0.3 is 10.1 Å². The van der Waals surface area contributed by atoms with Crippen molar-refractivity contribution in [2.45, 2.75) is 32.5 Å². The van der Waals surface area contributed by atoms with E-state index >= 15 is 0 Å². The van der Waals surface area contributed by atoms with Crippen LogP contribution in [0, 0.1) is 12.7 Å². The van der Waals surface area contributed by atoms with E-state index < -0.39 is 5.54 Å². The molecule has 1 aliphatic heterocycles. The Hall–Kier alpha value is -3.68. The second kappa shape index (κ2) is 7.86. The molecule has 2 aromatic carbocycles. The number of aryl methyl sites for hydroxylation is 1. The molecule has 1 atom stereocenters. The first kappa shape index (κ1) is 20.6. The second-order valence-corrected chi connectivity index (χ2v) is 7.75. The van der Waals surface area contributed by atoms with Gasteiger partial charge in [0.25, 0.3) is 5.91 Å².